The van der Waals surface area contributed by atoms with Gasteiger partial charge >= 0.3 is 0 Å². The van der Waals surface area contributed by atoms with Crippen LogP contribution in [0.25, 0.3) is 0 Å². The van der Waals surface area contributed by atoms with Gasteiger partial charge in [-0.1, -0.05) is 27.7 Å². The standard InChI is InChI=1S/C10H20ClNO/c1-5-10(6-2,7-11)12-9(13)8(3)4/h8H,5-7H2,1-4H3,(H,12,13). The Bertz CT molecular complexity index is 156. The Kier molecular flexibility index (Phi) is 5.38. The first kappa shape index (κ1) is 12.8. The first-order valence-corrected chi connectivity index (χ1v) is 5.42. The van der Waals surface area contributed by atoms with E-state index in [0.717, 1.165) is 12.8 Å². The minimum atomic E-state index is -0.205. The molecule has 1 N–H and O–H groups in total. The second-order valence-electron chi connectivity index (χ2n) is 3.77. The fourth-order valence-corrected chi connectivity index (χ4v) is 1.50. The molecule has 0 saturated carbocycles. The van der Waals surface area contributed by atoms with Crippen LogP contribution in [0.15, 0.2) is 0 Å². The van der Waals surface area contributed by atoms with E-state index in [4.69, 9.17) is 11.6 Å². The third-order valence-corrected chi connectivity index (χ3v) is 3.03. The minimum absolute atomic E-state index is 0.0284. The number of amides is 1. The minimum Gasteiger partial charge on any atom is -0.349 e. The van der Waals surface area contributed by atoms with Crippen LogP contribution in [0.5, 0.6) is 0 Å². The molecule has 13 heavy (non-hydrogen) atoms. The quantitative estimate of drug-likeness (QED) is 0.687. The fraction of sp³-hybridized carbons (Fsp3) is 0.900. The molecule has 0 aliphatic rings. The van der Waals surface area contributed by atoms with Gasteiger partial charge in [-0.05, 0) is 12.8 Å². The zero-order valence-electron chi connectivity index (χ0n) is 8.98. The molecule has 2 nitrogen and oxygen atoms in total. The predicted octanol–water partition coefficient (Wildman–Crippen LogP) is 2.56. The maximum Gasteiger partial charge on any atom is 0.223 e. The van der Waals surface area contributed by atoms with Gasteiger partial charge < -0.3 is 5.32 Å². The van der Waals surface area contributed by atoms with Gasteiger partial charge in [0.05, 0.1) is 5.54 Å². The highest BCUT2D eigenvalue weighted by Crippen LogP contribution is 2.17. The Hall–Kier alpha value is -0.240. The van der Waals surface area contributed by atoms with Gasteiger partial charge in [0.1, 0.15) is 0 Å². The van der Waals surface area contributed by atoms with Crippen LogP contribution in [0, 0.1) is 5.92 Å². The molecular formula is C10H20ClNO. The van der Waals surface area contributed by atoms with Crippen molar-refractivity contribution in [3.8, 4) is 0 Å². The number of carbonyl (C=O) groups is 1. The molecule has 0 saturated heterocycles. The fourth-order valence-electron chi connectivity index (χ4n) is 1.05. The second kappa shape index (κ2) is 5.48. The summed E-state index contributed by atoms with van der Waals surface area (Å²) in [5.74, 6) is 0.600. The molecule has 0 aromatic carbocycles. The van der Waals surface area contributed by atoms with Gasteiger partial charge in [0.15, 0.2) is 0 Å². The lowest BCUT2D eigenvalue weighted by atomic mass is 9.94. The molecule has 0 aliphatic carbocycles. The molecule has 0 unspecified atom stereocenters. The molecule has 1 amide bonds. The van der Waals surface area contributed by atoms with Crippen LogP contribution in [0.3, 0.4) is 0 Å². The second-order valence-corrected chi connectivity index (χ2v) is 4.03. The Morgan fingerprint density at radius 1 is 1.38 bits per heavy atom. The molecule has 0 aromatic heterocycles. The molecule has 0 heterocycles. The number of hydrogen-bond acceptors (Lipinski definition) is 1. The zero-order chi connectivity index (χ0) is 10.5. The lowest BCUT2D eigenvalue weighted by molar-refractivity contribution is -0.125. The van der Waals surface area contributed by atoms with Gasteiger partial charge in [0, 0.05) is 11.8 Å². The Balaban J connectivity index is 4.33. The third-order valence-electron chi connectivity index (χ3n) is 2.52. The maximum absolute atomic E-state index is 11.5. The van der Waals surface area contributed by atoms with Crippen molar-refractivity contribution in [3.63, 3.8) is 0 Å². The molecule has 0 fully saturated rings. The Labute approximate surface area is 86.0 Å². The zero-order valence-corrected chi connectivity index (χ0v) is 9.74. The number of carbonyl (C=O) groups excluding carboxylic acids is 1. The van der Waals surface area contributed by atoms with Crippen molar-refractivity contribution in [2.75, 3.05) is 5.88 Å². The monoisotopic (exact) mass is 205 g/mol. The van der Waals surface area contributed by atoms with Crippen LogP contribution < -0.4 is 5.32 Å². The van der Waals surface area contributed by atoms with Crippen molar-refractivity contribution in [3.05, 3.63) is 0 Å². The lowest BCUT2D eigenvalue weighted by Gasteiger charge is -2.31. The van der Waals surface area contributed by atoms with E-state index < -0.39 is 0 Å². The summed E-state index contributed by atoms with van der Waals surface area (Å²) in [4.78, 5) is 11.5. The lowest BCUT2D eigenvalue weighted by Crippen LogP contribution is -2.50. The smallest absolute Gasteiger partial charge is 0.223 e. The summed E-state index contributed by atoms with van der Waals surface area (Å²) in [6.45, 7) is 7.87. The van der Waals surface area contributed by atoms with Crippen molar-refractivity contribution in [2.24, 2.45) is 5.92 Å². The highest BCUT2D eigenvalue weighted by Gasteiger charge is 2.27. The van der Waals surface area contributed by atoms with E-state index in [9.17, 15) is 4.79 Å². The summed E-state index contributed by atoms with van der Waals surface area (Å²) in [7, 11) is 0. The van der Waals surface area contributed by atoms with Gasteiger partial charge in [-0.2, -0.15) is 0 Å². The molecular weight excluding hydrogens is 186 g/mol. The van der Waals surface area contributed by atoms with Crippen molar-refractivity contribution in [1.82, 2.24) is 5.32 Å². The van der Waals surface area contributed by atoms with E-state index >= 15 is 0 Å². The first-order chi connectivity index (χ1) is 6.01. The highest BCUT2D eigenvalue weighted by atomic mass is 35.5. The van der Waals surface area contributed by atoms with Crippen molar-refractivity contribution in [1.29, 1.82) is 0 Å². The topological polar surface area (TPSA) is 29.1 Å². The molecule has 0 aliphatic heterocycles. The van der Waals surface area contributed by atoms with Gasteiger partial charge in [-0.25, -0.2) is 0 Å². The summed E-state index contributed by atoms with van der Waals surface area (Å²) in [5.41, 5.74) is -0.205. The summed E-state index contributed by atoms with van der Waals surface area (Å²) in [6, 6.07) is 0. The summed E-state index contributed by atoms with van der Waals surface area (Å²) in [6.07, 6.45) is 1.76. The van der Waals surface area contributed by atoms with Gasteiger partial charge in [0.2, 0.25) is 5.91 Å². The SMILES string of the molecule is CCC(CC)(CCl)NC(=O)C(C)C. The van der Waals surface area contributed by atoms with Crippen molar-refractivity contribution in [2.45, 2.75) is 46.1 Å². The summed E-state index contributed by atoms with van der Waals surface area (Å²) >= 11 is 5.86. The van der Waals surface area contributed by atoms with Crippen LogP contribution in [-0.2, 0) is 4.79 Å². The molecule has 0 aromatic rings. The number of alkyl halides is 1. The molecule has 0 spiro atoms. The largest absolute Gasteiger partial charge is 0.349 e. The van der Waals surface area contributed by atoms with Crippen LogP contribution in [0.1, 0.15) is 40.5 Å². The van der Waals surface area contributed by atoms with Gasteiger partial charge in [-0.3, -0.25) is 4.79 Å². The Morgan fingerprint density at radius 2 is 1.85 bits per heavy atom. The average Bonchev–Trinajstić information content (AvgIpc) is 2.14. The van der Waals surface area contributed by atoms with E-state index in [0.29, 0.717) is 5.88 Å². The van der Waals surface area contributed by atoms with E-state index in [2.05, 4.69) is 5.32 Å². The third kappa shape index (κ3) is 3.55. The van der Waals surface area contributed by atoms with Gasteiger partial charge in [0.25, 0.3) is 0 Å². The van der Waals surface area contributed by atoms with Crippen LogP contribution in [0.4, 0.5) is 0 Å². The summed E-state index contributed by atoms with van der Waals surface area (Å²) in [5, 5.41) is 3.01. The molecule has 0 radical (unpaired) electrons. The summed E-state index contributed by atoms with van der Waals surface area (Å²) < 4.78 is 0. The van der Waals surface area contributed by atoms with E-state index in [1.54, 1.807) is 0 Å². The number of nitrogens with one attached hydrogen (secondary N) is 1. The normalized spacial score (nSPS) is 11.8. The maximum atomic E-state index is 11.5. The molecule has 78 valence electrons. The van der Waals surface area contributed by atoms with E-state index in [1.807, 2.05) is 27.7 Å². The van der Waals surface area contributed by atoms with E-state index in [-0.39, 0.29) is 17.4 Å². The van der Waals surface area contributed by atoms with E-state index in [1.165, 1.54) is 0 Å². The number of hydrogen-bond donors (Lipinski definition) is 1. The van der Waals surface area contributed by atoms with Crippen LogP contribution >= 0.6 is 11.6 Å². The van der Waals surface area contributed by atoms with Crippen LogP contribution in [-0.4, -0.2) is 17.3 Å². The molecule has 0 atom stereocenters. The van der Waals surface area contributed by atoms with Crippen molar-refractivity contribution < 1.29 is 4.79 Å². The predicted molar refractivity (Wildman–Crippen MR) is 57.0 cm³/mol. The highest BCUT2D eigenvalue weighted by molar-refractivity contribution is 6.18. The number of halogens is 1. The molecule has 0 bridgehead atoms. The molecule has 3 heteroatoms. The first-order valence-electron chi connectivity index (χ1n) is 4.89. The molecule has 0 rings (SSSR count). The van der Waals surface area contributed by atoms with Crippen LogP contribution in [0.2, 0.25) is 0 Å². The Morgan fingerprint density at radius 3 is 2.08 bits per heavy atom. The van der Waals surface area contributed by atoms with Crippen molar-refractivity contribution >= 4 is 17.5 Å². The van der Waals surface area contributed by atoms with Gasteiger partial charge in [-0.15, -0.1) is 11.6 Å². The average molecular weight is 206 g/mol. The number of rotatable bonds is 5.